The number of nitrogens with one attached hydrogen (secondary N) is 1. The second kappa shape index (κ2) is 6.42. The molecule has 0 bridgehead atoms. The summed E-state index contributed by atoms with van der Waals surface area (Å²) in [6.45, 7) is 2.11. The summed E-state index contributed by atoms with van der Waals surface area (Å²) in [5, 5.41) is 3.15. The standard InChI is InChI=1S/C16H22ClNO/c1-2-16(10-6-7-11-16)15(19)18-14(12-17)13-8-4-3-5-9-13/h3-5,8-9,14H,2,6-7,10-12H2,1H3,(H,18,19). The van der Waals surface area contributed by atoms with Gasteiger partial charge >= 0.3 is 0 Å². The summed E-state index contributed by atoms with van der Waals surface area (Å²) in [5.74, 6) is 0.595. The lowest BCUT2D eigenvalue weighted by molar-refractivity contribution is -0.131. The van der Waals surface area contributed by atoms with Crippen LogP contribution in [0.1, 0.15) is 50.6 Å². The van der Waals surface area contributed by atoms with Gasteiger partial charge in [0.1, 0.15) is 0 Å². The van der Waals surface area contributed by atoms with Gasteiger partial charge in [-0.2, -0.15) is 0 Å². The summed E-state index contributed by atoms with van der Waals surface area (Å²) in [7, 11) is 0. The van der Waals surface area contributed by atoms with Gasteiger partial charge in [0, 0.05) is 11.3 Å². The van der Waals surface area contributed by atoms with Crippen molar-refractivity contribution in [1.29, 1.82) is 0 Å². The summed E-state index contributed by atoms with van der Waals surface area (Å²) in [4.78, 5) is 12.6. The predicted molar refractivity (Wildman–Crippen MR) is 79.2 cm³/mol. The molecule has 19 heavy (non-hydrogen) atoms. The van der Waals surface area contributed by atoms with Crippen molar-refractivity contribution in [2.45, 2.75) is 45.1 Å². The highest BCUT2D eigenvalue weighted by Gasteiger charge is 2.39. The Morgan fingerprint density at radius 1 is 1.32 bits per heavy atom. The smallest absolute Gasteiger partial charge is 0.226 e. The number of halogens is 1. The summed E-state index contributed by atoms with van der Waals surface area (Å²) < 4.78 is 0. The minimum absolute atomic E-state index is 0.0839. The Labute approximate surface area is 120 Å². The minimum atomic E-state index is -0.154. The Balaban J connectivity index is 2.08. The fraction of sp³-hybridized carbons (Fsp3) is 0.562. The third-order valence-electron chi connectivity index (χ3n) is 4.38. The van der Waals surface area contributed by atoms with Crippen LogP contribution in [-0.4, -0.2) is 11.8 Å². The van der Waals surface area contributed by atoms with Gasteiger partial charge in [-0.1, -0.05) is 50.1 Å². The molecule has 0 radical (unpaired) electrons. The van der Waals surface area contributed by atoms with E-state index in [9.17, 15) is 4.79 Å². The zero-order valence-electron chi connectivity index (χ0n) is 11.5. The molecule has 1 unspecified atom stereocenters. The molecule has 1 atom stereocenters. The number of carbonyl (C=O) groups excluding carboxylic acids is 1. The molecule has 1 saturated carbocycles. The molecule has 0 saturated heterocycles. The van der Waals surface area contributed by atoms with Gasteiger partial charge in [0.05, 0.1) is 6.04 Å². The first-order chi connectivity index (χ1) is 9.22. The maximum Gasteiger partial charge on any atom is 0.226 e. The molecule has 2 rings (SSSR count). The lowest BCUT2D eigenvalue weighted by atomic mass is 9.82. The largest absolute Gasteiger partial charge is 0.348 e. The topological polar surface area (TPSA) is 29.1 Å². The molecule has 104 valence electrons. The Bertz CT molecular complexity index is 412. The van der Waals surface area contributed by atoms with E-state index in [0.29, 0.717) is 5.88 Å². The lowest BCUT2D eigenvalue weighted by Crippen LogP contribution is -2.41. The van der Waals surface area contributed by atoms with Crippen LogP contribution in [0.2, 0.25) is 0 Å². The normalized spacial score (nSPS) is 19.1. The number of rotatable bonds is 5. The molecule has 1 aromatic carbocycles. The van der Waals surface area contributed by atoms with Crippen molar-refractivity contribution < 1.29 is 4.79 Å². The quantitative estimate of drug-likeness (QED) is 0.810. The van der Waals surface area contributed by atoms with E-state index in [2.05, 4.69) is 12.2 Å². The Morgan fingerprint density at radius 2 is 1.95 bits per heavy atom. The van der Waals surface area contributed by atoms with Gasteiger partial charge in [-0.3, -0.25) is 4.79 Å². The monoisotopic (exact) mass is 279 g/mol. The van der Waals surface area contributed by atoms with Crippen LogP contribution in [0.15, 0.2) is 30.3 Å². The average molecular weight is 280 g/mol. The van der Waals surface area contributed by atoms with Gasteiger partial charge in [0.2, 0.25) is 5.91 Å². The molecular formula is C16H22ClNO. The lowest BCUT2D eigenvalue weighted by Gasteiger charge is -2.29. The van der Waals surface area contributed by atoms with Gasteiger partial charge in [0.25, 0.3) is 0 Å². The minimum Gasteiger partial charge on any atom is -0.348 e. The Hall–Kier alpha value is -1.02. The second-order valence-corrected chi connectivity index (χ2v) is 5.74. The molecule has 1 aromatic rings. The Morgan fingerprint density at radius 3 is 2.47 bits per heavy atom. The van der Waals surface area contributed by atoms with Crippen LogP contribution in [0, 0.1) is 5.41 Å². The molecular weight excluding hydrogens is 258 g/mol. The van der Waals surface area contributed by atoms with E-state index in [0.717, 1.165) is 37.7 Å². The summed E-state index contributed by atoms with van der Waals surface area (Å²) in [6, 6.07) is 9.88. The highest BCUT2D eigenvalue weighted by Crippen LogP contribution is 2.41. The first-order valence-electron chi connectivity index (χ1n) is 7.14. The van der Waals surface area contributed by atoms with E-state index >= 15 is 0 Å². The molecule has 3 heteroatoms. The number of amides is 1. The van der Waals surface area contributed by atoms with Crippen LogP contribution >= 0.6 is 11.6 Å². The molecule has 1 fully saturated rings. The Kier molecular flexibility index (Phi) is 4.87. The van der Waals surface area contributed by atoms with Crippen molar-refractivity contribution in [3.05, 3.63) is 35.9 Å². The molecule has 1 N–H and O–H groups in total. The number of benzene rings is 1. The van der Waals surface area contributed by atoms with E-state index in [1.165, 1.54) is 0 Å². The average Bonchev–Trinajstić information content (AvgIpc) is 2.95. The van der Waals surface area contributed by atoms with Gasteiger partial charge in [-0.05, 0) is 24.8 Å². The SMILES string of the molecule is CCC1(C(=O)NC(CCl)c2ccccc2)CCCC1. The van der Waals surface area contributed by atoms with Crippen molar-refractivity contribution in [2.24, 2.45) is 5.41 Å². The van der Waals surface area contributed by atoms with Gasteiger partial charge in [-0.25, -0.2) is 0 Å². The van der Waals surface area contributed by atoms with Gasteiger partial charge in [0.15, 0.2) is 0 Å². The highest BCUT2D eigenvalue weighted by atomic mass is 35.5. The van der Waals surface area contributed by atoms with Crippen LogP contribution < -0.4 is 5.32 Å². The third kappa shape index (κ3) is 3.11. The zero-order valence-corrected chi connectivity index (χ0v) is 12.2. The molecule has 0 heterocycles. The third-order valence-corrected chi connectivity index (χ3v) is 4.69. The summed E-state index contributed by atoms with van der Waals surface area (Å²) in [6.07, 6.45) is 5.27. The van der Waals surface area contributed by atoms with Crippen molar-refractivity contribution in [2.75, 3.05) is 5.88 Å². The molecule has 1 aliphatic carbocycles. The number of hydrogen-bond acceptors (Lipinski definition) is 1. The number of hydrogen-bond donors (Lipinski definition) is 1. The van der Waals surface area contributed by atoms with Crippen LogP contribution in [0.4, 0.5) is 0 Å². The fourth-order valence-electron chi connectivity index (χ4n) is 3.00. The van der Waals surface area contributed by atoms with E-state index < -0.39 is 0 Å². The fourth-order valence-corrected chi connectivity index (χ4v) is 3.26. The van der Waals surface area contributed by atoms with Crippen LogP contribution in [-0.2, 0) is 4.79 Å². The highest BCUT2D eigenvalue weighted by molar-refractivity contribution is 6.18. The van der Waals surface area contributed by atoms with E-state index in [1.54, 1.807) is 0 Å². The number of carbonyl (C=O) groups is 1. The van der Waals surface area contributed by atoms with E-state index in [4.69, 9.17) is 11.6 Å². The molecule has 0 aromatic heterocycles. The number of alkyl halides is 1. The van der Waals surface area contributed by atoms with Crippen molar-refractivity contribution >= 4 is 17.5 Å². The van der Waals surface area contributed by atoms with Crippen molar-refractivity contribution in [3.8, 4) is 0 Å². The maximum atomic E-state index is 12.6. The maximum absolute atomic E-state index is 12.6. The van der Waals surface area contributed by atoms with E-state index in [-0.39, 0.29) is 17.4 Å². The predicted octanol–water partition coefficient (Wildman–Crippen LogP) is 4.05. The molecule has 0 spiro atoms. The van der Waals surface area contributed by atoms with Crippen LogP contribution in [0.3, 0.4) is 0 Å². The van der Waals surface area contributed by atoms with Crippen LogP contribution in [0.25, 0.3) is 0 Å². The molecule has 1 aliphatic rings. The first-order valence-corrected chi connectivity index (χ1v) is 7.67. The molecule has 0 aliphatic heterocycles. The second-order valence-electron chi connectivity index (χ2n) is 5.43. The van der Waals surface area contributed by atoms with Crippen molar-refractivity contribution in [3.63, 3.8) is 0 Å². The van der Waals surface area contributed by atoms with Gasteiger partial charge < -0.3 is 5.32 Å². The molecule has 1 amide bonds. The first kappa shape index (κ1) is 14.4. The summed E-state index contributed by atoms with van der Waals surface area (Å²) in [5.41, 5.74) is 0.925. The zero-order chi connectivity index (χ0) is 13.7. The van der Waals surface area contributed by atoms with E-state index in [1.807, 2.05) is 30.3 Å². The molecule has 2 nitrogen and oxygen atoms in total. The van der Waals surface area contributed by atoms with Crippen molar-refractivity contribution in [1.82, 2.24) is 5.32 Å². The van der Waals surface area contributed by atoms with Crippen LogP contribution in [0.5, 0.6) is 0 Å². The summed E-state index contributed by atoms with van der Waals surface area (Å²) >= 11 is 6.03. The van der Waals surface area contributed by atoms with Gasteiger partial charge in [-0.15, -0.1) is 11.6 Å².